The van der Waals surface area contributed by atoms with Crippen molar-refractivity contribution in [2.45, 2.75) is 42.7 Å². The highest BCUT2D eigenvalue weighted by atomic mass is 32.2. The summed E-state index contributed by atoms with van der Waals surface area (Å²) < 4.78 is 124. The normalized spacial score (nSPS) is 17.6. The molecule has 146 valence electrons. The maximum atomic E-state index is 12.1. The summed E-state index contributed by atoms with van der Waals surface area (Å²) in [6.45, 7) is -2.92. The highest BCUT2D eigenvalue weighted by molar-refractivity contribution is 7.92. The minimum Gasteiger partial charge on any atom is -0.309 e. The fourth-order valence-corrected chi connectivity index (χ4v) is 3.94. The van der Waals surface area contributed by atoms with Gasteiger partial charge in [0.15, 0.2) is 18.1 Å². The topological polar surface area (TPSA) is 113 Å². The molecule has 0 rings (SSSR count). The van der Waals surface area contributed by atoms with E-state index in [-0.39, 0.29) is 0 Å². The van der Waals surface area contributed by atoms with E-state index in [1.54, 1.807) is 0 Å². The van der Waals surface area contributed by atoms with E-state index in [1.165, 1.54) is 0 Å². The molecule has 0 saturated carbocycles. The molecule has 0 radical (unpaired) electrons. The first-order valence-electron chi connectivity index (χ1n) is 5.87. The summed E-state index contributed by atoms with van der Waals surface area (Å²) in [5, 5.41) is 0. The van der Waals surface area contributed by atoms with E-state index in [9.17, 15) is 43.2 Å². The Morgan fingerprint density at radius 1 is 0.750 bits per heavy atom. The molecule has 0 aliphatic carbocycles. The van der Waals surface area contributed by atoms with Crippen molar-refractivity contribution in [3.63, 3.8) is 0 Å². The summed E-state index contributed by atoms with van der Waals surface area (Å²) in [5.74, 6) is 0. The minimum atomic E-state index is -5.37. The minimum absolute atomic E-state index is 0.479. The lowest BCUT2D eigenvalue weighted by Gasteiger charge is -2.38. The Morgan fingerprint density at radius 2 is 1.04 bits per heavy atom. The molecule has 7 nitrogen and oxygen atoms in total. The molecule has 0 saturated heterocycles. The van der Waals surface area contributed by atoms with E-state index in [1.807, 2.05) is 0 Å². The Hall–Kier alpha value is -0.640. The molecule has 1 unspecified atom stereocenters. The number of hydrogen-bond donors (Lipinski definition) is 1. The summed E-state index contributed by atoms with van der Waals surface area (Å²) in [7, 11) is -10.6. The molecule has 0 heterocycles. The van der Waals surface area contributed by atoms with Gasteiger partial charge in [-0.1, -0.05) is 0 Å². The number of nitrogens with two attached hydrogens (primary N) is 1. The second-order valence-corrected chi connectivity index (χ2v) is 9.44. The molecule has 0 aliphatic rings. The van der Waals surface area contributed by atoms with Crippen molar-refractivity contribution in [3.8, 4) is 0 Å². The van der Waals surface area contributed by atoms with Gasteiger partial charge in [-0.15, -0.1) is 0 Å². The monoisotopic (exact) mass is 411 g/mol. The third-order valence-electron chi connectivity index (χ3n) is 3.10. The Balaban J connectivity index is 5.65. The lowest BCUT2D eigenvalue weighted by Crippen LogP contribution is -2.64. The van der Waals surface area contributed by atoms with Crippen molar-refractivity contribution in [3.05, 3.63) is 0 Å². The average molecular weight is 411 g/mol. The molecule has 1 atom stereocenters. The first-order valence-corrected chi connectivity index (χ1v) is 8.68. The fraction of sp³-hybridized carbons (Fsp3) is 1.00. The Kier molecular flexibility index (Phi) is 6.41. The number of rotatable bonds is 7. The van der Waals surface area contributed by atoms with E-state index in [4.69, 9.17) is 5.73 Å². The Labute approximate surface area is 134 Å². The van der Waals surface area contributed by atoms with E-state index in [2.05, 4.69) is 8.37 Å². The number of halogens is 6. The maximum Gasteiger partial charge on any atom is 0.413 e. The second kappa shape index (κ2) is 6.59. The summed E-state index contributed by atoms with van der Waals surface area (Å²) in [5.41, 5.74) is 5.31. The van der Waals surface area contributed by atoms with Crippen molar-refractivity contribution < 1.29 is 51.5 Å². The van der Waals surface area contributed by atoms with Crippen LogP contribution in [0, 0.1) is 0 Å². The van der Waals surface area contributed by atoms with Gasteiger partial charge in [-0.05, 0) is 20.8 Å². The Morgan fingerprint density at radius 3 is 1.33 bits per heavy atom. The highest BCUT2D eigenvalue weighted by Gasteiger charge is 2.58. The van der Waals surface area contributed by atoms with Crippen LogP contribution in [-0.4, -0.2) is 52.0 Å². The van der Waals surface area contributed by atoms with Crippen LogP contribution in [0.3, 0.4) is 0 Å². The molecule has 0 amide bonds. The predicted molar refractivity (Wildman–Crippen MR) is 68.5 cm³/mol. The van der Waals surface area contributed by atoms with Crippen LogP contribution in [0.1, 0.15) is 20.8 Å². The lowest BCUT2D eigenvalue weighted by molar-refractivity contribution is -0.154. The van der Waals surface area contributed by atoms with Gasteiger partial charge in [0.05, 0.1) is 0 Å². The van der Waals surface area contributed by atoms with Gasteiger partial charge in [0.1, 0.15) is 4.75 Å². The van der Waals surface area contributed by atoms with Crippen LogP contribution in [0.4, 0.5) is 26.3 Å². The third-order valence-corrected chi connectivity index (χ3v) is 7.30. The van der Waals surface area contributed by atoms with Crippen LogP contribution in [-0.2, 0) is 28.6 Å². The molecule has 0 aromatic rings. The van der Waals surface area contributed by atoms with Crippen LogP contribution in [0.5, 0.6) is 0 Å². The molecule has 24 heavy (non-hydrogen) atoms. The van der Waals surface area contributed by atoms with Gasteiger partial charge < -0.3 is 5.73 Å². The van der Waals surface area contributed by atoms with Crippen LogP contribution in [0.25, 0.3) is 0 Å². The van der Waals surface area contributed by atoms with Crippen LogP contribution >= 0.6 is 0 Å². The Bertz CT molecular complexity index is 591. The molecule has 2 N–H and O–H groups in total. The molecular formula is C9H15F6NO6S2. The van der Waals surface area contributed by atoms with Gasteiger partial charge in [-0.25, -0.2) is 0 Å². The second-order valence-electron chi connectivity index (χ2n) is 5.28. The van der Waals surface area contributed by atoms with E-state index < -0.39 is 55.4 Å². The fourth-order valence-electron chi connectivity index (χ4n) is 1.11. The lowest BCUT2D eigenvalue weighted by atomic mass is 10.1. The zero-order valence-electron chi connectivity index (χ0n) is 12.5. The summed E-state index contributed by atoms with van der Waals surface area (Å²) in [4.78, 5) is -3.06. The largest absolute Gasteiger partial charge is 0.413 e. The van der Waals surface area contributed by atoms with E-state index in [0.717, 1.165) is 0 Å². The zero-order valence-corrected chi connectivity index (χ0v) is 14.2. The van der Waals surface area contributed by atoms with Crippen LogP contribution in [0.2, 0.25) is 0 Å². The molecule has 0 spiro atoms. The zero-order chi connectivity index (χ0) is 19.8. The average Bonchev–Trinajstić information content (AvgIpc) is 2.32. The van der Waals surface area contributed by atoms with Gasteiger partial charge in [0.2, 0.25) is 0 Å². The number of hydrogen-bond acceptors (Lipinski definition) is 7. The maximum absolute atomic E-state index is 12.1. The van der Waals surface area contributed by atoms with Crippen molar-refractivity contribution in [2.75, 3.05) is 13.2 Å². The first kappa shape index (κ1) is 23.4. The van der Waals surface area contributed by atoms with Crippen molar-refractivity contribution >= 4 is 20.2 Å². The standard InChI is InChI=1S/C9H15F6NO6S2/c1-6(2,23(17,18)21-4-8(10,11)12)7(3,16)24(19,20)22-5-9(13,14)15/h4-5,16H2,1-3H3. The molecule has 0 aromatic heterocycles. The van der Waals surface area contributed by atoms with Gasteiger partial charge in [0, 0.05) is 0 Å². The van der Waals surface area contributed by atoms with Gasteiger partial charge in [-0.2, -0.15) is 43.2 Å². The molecule has 0 fully saturated rings. The van der Waals surface area contributed by atoms with Gasteiger partial charge in [0.25, 0.3) is 20.2 Å². The third kappa shape index (κ3) is 5.44. The van der Waals surface area contributed by atoms with Gasteiger partial charge in [-0.3, -0.25) is 8.37 Å². The molecule has 0 bridgehead atoms. The van der Waals surface area contributed by atoms with E-state index in [0.29, 0.717) is 20.8 Å². The van der Waals surface area contributed by atoms with Crippen molar-refractivity contribution in [2.24, 2.45) is 5.73 Å². The highest BCUT2D eigenvalue weighted by Crippen LogP contribution is 2.35. The smallest absolute Gasteiger partial charge is 0.309 e. The SMILES string of the molecule is CC(C)(C(C)(N)S(=O)(=O)OCC(F)(F)F)S(=O)(=O)OCC(F)(F)F. The van der Waals surface area contributed by atoms with Crippen LogP contribution in [0.15, 0.2) is 0 Å². The first-order chi connectivity index (χ1) is 10.2. The molecular weight excluding hydrogens is 396 g/mol. The quantitative estimate of drug-likeness (QED) is 0.496. The van der Waals surface area contributed by atoms with Crippen molar-refractivity contribution in [1.82, 2.24) is 0 Å². The predicted octanol–water partition coefficient (Wildman–Crippen LogP) is 1.26. The van der Waals surface area contributed by atoms with E-state index >= 15 is 0 Å². The molecule has 0 aliphatic heterocycles. The van der Waals surface area contributed by atoms with Gasteiger partial charge >= 0.3 is 12.4 Å². The summed E-state index contributed by atoms with van der Waals surface area (Å²) in [6, 6.07) is 0. The van der Waals surface area contributed by atoms with Crippen molar-refractivity contribution in [1.29, 1.82) is 0 Å². The molecule has 0 aromatic carbocycles. The summed E-state index contributed by atoms with van der Waals surface area (Å²) >= 11 is 0. The molecule has 15 heteroatoms. The number of alkyl halides is 6. The van der Waals surface area contributed by atoms with Crippen LogP contribution < -0.4 is 5.73 Å². The summed E-state index contributed by atoms with van der Waals surface area (Å²) in [6.07, 6.45) is -10.1.